The average molecular weight is 707 g/mol. The van der Waals surface area contributed by atoms with E-state index in [1.54, 1.807) is 11.1 Å². The van der Waals surface area contributed by atoms with Crippen LogP contribution >= 0.6 is 0 Å². The Balaban J connectivity index is 1.05. The third-order valence-corrected chi connectivity index (χ3v) is 15.3. The molecule has 0 N–H and O–H groups in total. The number of aromatic nitrogens is 2. The van der Waals surface area contributed by atoms with Gasteiger partial charge in [-0.05, 0) is 176 Å². The van der Waals surface area contributed by atoms with Crippen LogP contribution in [0.3, 0.4) is 0 Å². The number of nitrogens with zero attached hydrogens (tertiary/aromatic N) is 2. The van der Waals surface area contributed by atoms with Crippen LogP contribution in [0.15, 0.2) is 134 Å². The van der Waals surface area contributed by atoms with Crippen molar-refractivity contribution in [2.75, 3.05) is 0 Å². The van der Waals surface area contributed by atoms with Crippen molar-refractivity contribution in [3.63, 3.8) is 0 Å². The first-order valence-electron chi connectivity index (χ1n) is 20.6. The summed E-state index contributed by atoms with van der Waals surface area (Å²) in [5.74, 6) is 3.21. The molecule has 6 aliphatic carbocycles. The third kappa shape index (κ3) is 3.90. The predicted molar refractivity (Wildman–Crippen MR) is 226 cm³/mol. The molecule has 1 spiro atoms. The van der Waals surface area contributed by atoms with E-state index in [9.17, 15) is 0 Å². The second-order valence-electron chi connectivity index (χ2n) is 18.2. The first-order valence-corrected chi connectivity index (χ1v) is 20.6. The van der Waals surface area contributed by atoms with Crippen molar-refractivity contribution < 1.29 is 0 Å². The van der Waals surface area contributed by atoms with Gasteiger partial charge in [-0.2, -0.15) is 0 Å². The smallest absolute Gasteiger partial charge is 0.0970 e. The van der Waals surface area contributed by atoms with Crippen LogP contribution in [-0.2, 0) is 10.8 Å². The fraction of sp³-hybridized carbons (Fsp3) is 0.245. The number of benzene rings is 6. The van der Waals surface area contributed by atoms with E-state index in [-0.39, 0.29) is 10.8 Å². The first-order chi connectivity index (χ1) is 27.0. The molecule has 4 fully saturated rings. The monoisotopic (exact) mass is 706 g/mol. The van der Waals surface area contributed by atoms with Gasteiger partial charge in [0.15, 0.2) is 0 Å². The van der Waals surface area contributed by atoms with Crippen molar-refractivity contribution in [2.24, 2.45) is 23.7 Å². The minimum atomic E-state index is 0.00440. The fourth-order valence-electron chi connectivity index (χ4n) is 13.3. The Labute approximate surface area is 322 Å². The SMILES string of the molecule is CC1(C)c2ccccc2-c2cc(-c3cccc4c3-c3cc5ccc(-c6cc7cccnc7c7ncccc67)cc5cc3C43C4CC5CC(C4)CC3C5)ccc21. The summed E-state index contributed by atoms with van der Waals surface area (Å²) in [7, 11) is 0. The van der Waals surface area contributed by atoms with Crippen LogP contribution in [0.4, 0.5) is 0 Å². The van der Waals surface area contributed by atoms with Crippen LogP contribution < -0.4 is 0 Å². The summed E-state index contributed by atoms with van der Waals surface area (Å²) in [6.45, 7) is 4.77. The standard InChI is InChI=1S/C53H42N2/c1-52(2)45-12-4-3-9-40(45)43-27-34(16-17-46(43)52)39-10-5-13-47-49(39)44-26-32-14-15-33(42-28-35-8-6-18-54-50(35)51-41(42)11-7-19-55-51)25-36(32)29-48(44)53(47)37-21-30-20-31(23-37)24-38(53)22-30/h3-19,25-31,37-38H,20-24H2,1-2H3. The summed E-state index contributed by atoms with van der Waals surface area (Å²) >= 11 is 0. The van der Waals surface area contributed by atoms with Gasteiger partial charge in [-0.3, -0.25) is 9.97 Å². The fourth-order valence-corrected chi connectivity index (χ4v) is 13.3. The van der Waals surface area contributed by atoms with E-state index >= 15 is 0 Å². The molecule has 6 aliphatic rings. The highest BCUT2D eigenvalue weighted by Gasteiger charge is 2.61. The maximum atomic E-state index is 4.84. The second-order valence-corrected chi connectivity index (χ2v) is 18.2. The van der Waals surface area contributed by atoms with Gasteiger partial charge < -0.3 is 0 Å². The van der Waals surface area contributed by atoms with Gasteiger partial charge in [0, 0.05) is 34.0 Å². The molecule has 4 saturated carbocycles. The minimum Gasteiger partial charge on any atom is -0.254 e. The van der Waals surface area contributed by atoms with Crippen LogP contribution in [0, 0.1) is 23.7 Å². The van der Waals surface area contributed by atoms with Gasteiger partial charge in [0.2, 0.25) is 0 Å². The minimum absolute atomic E-state index is 0.00440. The zero-order chi connectivity index (χ0) is 36.2. The third-order valence-electron chi connectivity index (χ3n) is 15.3. The molecule has 0 atom stereocenters. The van der Waals surface area contributed by atoms with Crippen molar-refractivity contribution in [1.82, 2.24) is 9.97 Å². The van der Waals surface area contributed by atoms with Gasteiger partial charge in [0.1, 0.15) is 0 Å². The normalized spacial score (nSPS) is 24.8. The lowest BCUT2D eigenvalue weighted by molar-refractivity contribution is -0.0398. The molecule has 0 radical (unpaired) electrons. The molecule has 2 aromatic heterocycles. The van der Waals surface area contributed by atoms with E-state index in [4.69, 9.17) is 9.97 Å². The van der Waals surface area contributed by atoms with Gasteiger partial charge in [-0.25, -0.2) is 0 Å². The molecule has 14 rings (SSSR count). The lowest BCUT2D eigenvalue weighted by Crippen LogP contribution is -2.55. The molecule has 0 aliphatic heterocycles. The first kappa shape index (κ1) is 30.7. The van der Waals surface area contributed by atoms with Gasteiger partial charge in [0.25, 0.3) is 0 Å². The predicted octanol–water partition coefficient (Wildman–Crippen LogP) is 13.3. The second kappa shape index (κ2) is 10.6. The van der Waals surface area contributed by atoms with Crippen molar-refractivity contribution in [2.45, 2.75) is 56.8 Å². The lowest BCUT2D eigenvalue weighted by atomic mass is 9.43. The van der Waals surface area contributed by atoms with Crippen molar-refractivity contribution in [1.29, 1.82) is 0 Å². The summed E-state index contributed by atoms with van der Waals surface area (Å²) in [6, 6.07) is 47.0. The summed E-state index contributed by atoms with van der Waals surface area (Å²) < 4.78 is 0. The van der Waals surface area contributed by atoms with E-state index in [1.165, 1.54) is 98.5 Å². The zero-order valence-corrected chi connectivity index (χ0v) is 31.4. The average Bonchev–Trinajstić information content (AvgIpc) is 3.63. The van der Waals surface area contributed by atoms with Gasteiger partial charge >= 0.3 is 0 Å². The highest BCUT2D eigenvalue weighted by Crippen LogP contribution is 2.70. The molecule has 0 unspecified atom stereocenters. The van der Waals surface area contributed by atoms with E-state index in [2.05, 4.69) is 129 Å². The van der Waals surface area contributed by atoms with Gasteiger partial charge in [-0.15, -0.1) is 0 Å². The Morgan fingerprint density at radius 2 is 1.15 bits per heavy atom. The lowest BCUT2D eigenvalue weighted by Gasteiger charge is -2.61. The van der Waals surface area contributed by atoms with Crippen LogP contribution in [0.5, 0.6) is 0 Å². The van der Waals surface area contributed by atoms with E-state index < -0.39 is 0 Å². The molecular formula is C53H42N2. The number of pyridine rings is 2. The van der Waals surface area contributed by atoms with Crippen LogP contribution in [-0.4, -0.2) is 9.97 Å². The Kier molecular flexibility index (Phi) is 5.90. The summed E-state index contributed by atoms with van der Waals surface area (Å²) in [5.41, 5.74) is 19.1. The van der Waals surface area contributed by atoms with E-state index in [0.717, 1.165) is 33.6 Å². The maximum absolute atomic E-state index is 4.84. The highest BCUT2D eigenvalue weighted by molar-refractivity contribution is 6.11. The Bertz CT molecular complexity index is 2960. The van der Waals surface area contributed by atoms with Gasteiger partial charge in [-0.1, -0.05) is 92.7 Å². The molecule has 4 bridgehead atoms. The summed E-state index contributed by atoms with van der Waals surface area (Å²) in [4.78, 5) is 9.57. The number of hydrogen-bond acceptors (Lipinski definition) is 2. The Morgan fingerprint density at radius 3 is 2.00 bits per heavy atom. The van der Waals surface area contributed by atoms with Crippen LogP contribution in [0.1, 0.15) is 68.2 Å². The van der Waals surface area contributed by atoms with Crippen LogP contribution in [0.25, 0.3) is 77.1 Å². The molecular weight excluding hydrogens is 665 g/mol. The highest BCUT2D eigenvalue weighted by atomic mass is 14.7. The molecule has 6 aromatic carbocycles. The van der Waals surface area contributed by atoms with Crippen molar-refractivity contribution in [3.8, 4) is 44.5 Å². The summed E-state index contributed by atoms with van der Waals surface area (Å²) in [6.07, 6.45) is 10.7. The topological polar surface area (TPSA) is 25.8 Å². The quantitative estimate of drug-likeness (QED) is 0.167. The van der Waals surface area contributed by atoms with Crippen molar-refractivity contribution in [3.05, 3.63) is 156 Å². The molecule has 264 valence electrons. The van der Waals surface area contributed by atoms with E-state index in [0.29, 0.717) is 11.8 Å². The molecule has 0 saturated heterocycles. The molecule has 8 aromatic rings. The number of fused-ring (bicyclic) bond motifs is 10. The number of hydrogen-bond donors (Lipinski definition) is 0. The maximum Gasteiger partial charge on any atom is 0.0970 e. The molecule has 2 heterocycles. The molecule has 2 heteroatoms. The Hall–Kier alpha value is -5.60. The van der Waals surface area contributed by atoms with Crippen LogP contribution in [0.2, 0.25) is 0 Å². The molecule has 55 heavy (non-hydrogen) atoms. The zero-order valence-electron chi connectivity index (χ0n) is 31.4. The van der Waals surface area contributed by atoms with E-state index in [1.807, 2.05) is 18.5 Å². The molecule has 2 nitrogen and oxygen atoms in total. The van der Waals surface area contributed by atoms with Gasteiger partial charge in [0.05, 0.1) is 11.0 Å². The summed E-state index contributed by atoms with van der Waals surface area (Å²) in [5, 5.41) is 4.95. The molecule has 0 amide bonds. The Morgan fingerprint density at radius 1 is 0.455 bits per heavy atom. The largest absolute Gasteiger partial charge is 0.254 e. The number of rotatable bonds is 2. The van der Waals surface area contributed by atoms with Crippen molar-refractivity contribution >= 4 is 32.6 Å².